The van der Waals surface area contributed by atoms with Crippen molar-refractivity contribution in [1.29, 1.82) is 0 Å². The van der Waals surface area contributed by atoms with Crippen molar-refractivity contribution in [2.75, 3.05) is 4.90 Å². The van der Waals surface area contributed by atoms with Crippen molar-refractivity contribution < 1.29 is 0 Å². The van der Waals surface area contributed by atoms with Crippen LogP contribution in [0.5, 0.6) is 0 Å². The van der Waals surface area contributed by atoms with Crippen molar-refractivity contribution in [3.8, 4) is 33.6 Å². The molecule has 0 aliphatic heterocycles. The van der Waals surface area contributed by atoms with Gasteiger partial charge in [-0.25, -0.2) is 0 Å². The Morgan fingerprint density at radius 2 is 0.930 bits per heavy atom. The topological polar surface area (TPSA) is 26.0 Å². The number of hydrogen-bond acceptors (Lipinski definition) is 2. The zero-order valence-corrected chi connectivity index (χ0v) is 31.1. The second kappa shape index (κ2) is 13.6. The average Bonchev–Trinajstić information content (AvgIpc) is 3.81. The van der Waals surface area contributed by atoms with Gasteiger partial charge in [0.15, 0.2) is 0 Å². The second-order valence-electron chi connectivity index (χ2n) is 14.4. The van der Waals surface area contributed by atoms with Crippen molar-refractivity contribution >= 4 is 60.8 Å². The van der Waals surface area contributed by atoms with Crippen molar-refractivity contribution in [3.63, 3.8) is 0 Å². The number of para-hydroxylation sites is 5. The molecule has 0 aliphatic carbocycles. The number of hydrogen-bond donors (Lipinski definition) is 0. The number of pyridine rings is 1. The van der Waals surface area contributed by atoms with Gasteiger partial charge < -0.3 is 14.0 Å². The number of benzene rings is 8. The van der Waals surface area contributed by atoms with Gasteiger partial charge >= 0.3 is 0 Å². The van der Waals surface area contributed by atoms with E-state index in [-0.39, 0.29) is 0 Å². The molecule has 0 saturated heterocycles. The molecule has 4 nitrogen and oxygen atoms in total. The quantitative estimate of drug-likeness (QED) is 0.163. The fourth-order valence-corrected chi connectivity index (χ4v) is 8.68. The third-order valence-electron chi connectivity index (χ3n) is 11.1. The normalized spacial score (nSPS) is 11.5. The molecule has 0 amide bonds. The predicted molar refractivity (Wildman–Crippen MR) is 238 cm³/mol. The molecule has 3 heterocycles. The highest BCUT2D eigenvalue weighted by Crippen LogP contribution is 2.43. The van der Waals surface area contributed by atoms with E-state index < -0.39 is 0 Å². The van der Waals surface area contributed by atoms with Gasteiger partial charge in [-0.2, -0.15) is 0 Å². The van der Waals surface area contributed by atoms with Crippen LogP contribution in [0.4, 0.5) is 17.1 Å². The Hall–Kier alpha value is -7.69. The van der Waals surface area contributed by atoms with Crippen LogP contribution in [-0.4, -0.2) is 14.1 Å². The van der Waals surface area contributed by atoms with Gasteiger partial charge in [-0.05, 0) is 102 Å². The molecule has 4 heteroatoms. The van der Waals surface area contributed by atoms with E-state index in [0.717, 1.165) is 72.6 Å². The Morgan fingerprint density at radius 3 is 1.65 bits per heavy atom. The van der Waals surface area contributed by atoms with E-state index in [2.05, 4.69) is 226 Å². The molecule has 0 spiro atoms. The minimum absolute atomic E-state index is 1.00. The molecule has 268 valence electrons. The number of nitrogens with zero attached hydrogens (tertiary/aromatic N) is 4. The third-order valence-corrected chi connectivity index (χ3v) is 11.1. The van der Waals surface area contributed by atoms with Gasteiger partial charge in [0.2, 0.25) is 0 Å². The van der Waals surface area contributed by atoms with Gasteiger partial charge in [-0.15, -0.1) is 0 Å². The lowest BCUT2D eigenvalue weighted by Crippen LogP contribution is -2.09. The Balaban J connectivity index is 1.06. The lowest BCUT2D eigenvalue weighted by atomic mass is 9.99. The summed E-state index contributed by atoms with van der Waals surface area (Å²) in [5.41, 5.74) is 15.8. The van der Waals surface area contributed by atoms with E-state index in [1.807, 2.05) is 6.20 Å². The minimum Gasteiger partial charge on any atom is -0.311 e. The van der Waals surface area contributed by atoms with Gasteiger partial charge in [0.25, 0.3) is 0 Å². The maximum absolute atomic E-state index is 4.99. The van der Waals surface area contributed by atoms with Crippen molar-refractivity contribution in [2.45, 2.75) is 0 Å². The zero-order valence-electron chi connectivity index (χ0n) is 31.1. The highest BCUT2D eigenvalue weighted by molar-refractivity contribution is 6.20. The van der Waals surface area contributed by atoms with Crippen molar-refractivity contribution in [2.24, 2.45) is 0 Å². The first-order valence-corrected chi connectivity index (χ1v) is 19.4. The van der Waals surface area contributed by atoms with Crippen LogP contribution in [0, 0.1) is 0 Å². The van der Waals surface area contributed by atoms with E-state index in [1.54, 1.807) is 0 Å². The lowest BCUT2D eigenvalue weighted by Gasteiger charge is -2.25. The molecular weight excluding hydrogens is 693 g/mol. The first kappa shape index (κ1) is 32.7. The van der Waals surface area contributed by atoms with Crippen LogP contribution in [0.3, 0.4) is 0 Å². The largest absolute Gasteiger partial charge is 0.311 e. The van der Waals surface area contributed by atoms with Crippen LogP contribution in [0.1, 0.15) is 0 Å². The standard InChI is InChI=1S/C53H36N4/c1-4-17-39(18-5-1)55(40-19-6-2-7-20-40)42-32-30-37(31-33-42)38-16-14-23-43(36-38)56-48-27-12-10-24-46(48)51-44(26-15-29-50(51)56)45-34-35-54-52-47-25-11-13-28-49(47)57(53(45)52)41-21-8-3-9-22-41/h1-36H. The summed E-state index contributed by atoms with van der Waals surface area (Å²) in [4.78, 5) is 7.29. The molecule has 57 heavy (non-hydrogen) atoms. The Bertz CT molecular complexity index is 3180. The maximum Gasteiger partial charge on any atom is 0.0969 e. The Morgan fingerprint density at radius 1 is 0.368 bits per heavy atom. The number of anilines is 3. The van der Waals surface area contributed by atoms with Crippen LogP contribution in [-0.2, 0) is 0 Å². The fourth-order valence-electron chi connectivity index (χ4n) is 8.68. The summed E-state index contributed by atoms with van der Waals surface area (Å²) in [6, 6.07) is 75.9. The molecule has 0 aliphatic rings. The smallest absolute Gasteiger partial charge is 0.0969 e. The summed E-state index contributed by atoms with van der Waals surface area (Å²) in [7, 11) is 0. The molecule has 0 atom stereocenters. The first-order chi connectivity index (χ1) is 28.3. The molecule has 0 bridgehead atoms. The molecule has 0 radical (unpaired) electrons. The predicted octanol–water partition coefficient (Wildman–Crippen LogP) is 14.1. The zero-order chi connectivity index (χ0) is 37.7. The fraction of sp³-hybridized carbons (Fsp3) is 0. The van der Waals surface area contributed by atoms with Crippen LogP contribution < -0.4 is 4.90 Å². The second-order valence-corrected chi connectivity index (χ2v) is 14.4. The molecule has 3 aromatic heterocycles. The van der Waals surface area contributed by atoms with Gasteiger partial charge in [-0.3, -0.25) is 4.98 Å². The third kappa shape index (κ3) is 5.42. The van der Waals surface area contributed by atoms with Gasteiger partial charge in [0.1, 0.15) is 0 Å². The van der Waals surface area contributed by atoms with E-state index in [9.17, 15) is 0 Å². The summed E-state index contributed by atoms with van der Waals surface area (Å²) in [5, 5.41) is 3.58. The molecule has 8 aromatic carbocycles. The Kier molecular flexibility index (Phi) is 7.78. The maximum atomic E-state index is 4.99. The van der Waals surface area contributed by atoms with Crippen molar-refractivity contribution in [3.05, 3.63) is 219 Å². The Labute approximate surface area is 330 Å². The van der Waals surface area contributed by atoms with E-state index in [0.29, 0.717) is 0 Å². The van der Waals surface area contributed by atoms with Crippen LogP contribution in [0.25, 0.3) is 77.4 Å². The molecule has 11 aromatic rings. The minimum atomic E-state index is 1.00. The molecule has 11 rings (SSSR count). The SMILES string of the molecule is c1ccc(N(c2ccccc2)c2ccc(-c3cccc(-n4c5ccccc5c5c(-c6ccnc7c8ccccc8n(-c8ccccc8)c67)cccc54)c3)cc2)cc1. The highest BCUT2D eigenvalue weighted by atomic mass is 15.1. The first-order valence-electron chi connectivity index (χ1n) is 19.4. The number of aromatic nitrogens is 3. The van der Waals surface area contributed by atoms with E-state index in [4.69, 9.17) is 4.98 Å². The average molecular weight is 729 g/mol. The molecular formula is C53H36N4. The molecule has 0 unspecified atom stereocenters. The van der Waals surface area contributed by atoms with Crippen LogP contribution in [0.15, 0.2) is 219 Å². The summed E-state index contributed by atoms with van der Waals surface area (Å²) >= 11 is 0. The van der Waals surface area contributed by atoms with Crippen LogP contribution >= 0.6 is 0 Å². The van der Waals surface area contributed by atoms with E-state index in [1.165, 1.54) is 21.9 Å². The lowest BCUT2D eigenvalue weighted by molar-refractivity contribution is 1.17. The summed E-state index contributed by atoms with van der Waals surface area (Å²) in [6.45, 7) is 0. The summed E-state index contributed by atoms with van der Waals surface area (Å²) in [6.07, 6.45) is 1.96. The molecule has 0 fully saturated rings. The van der Waals surface area contributed by atoms with Gasteiger partial charge in [-0.1, -0.05) is 127 Å². The van der Waals surface area contributed by atoms with Gasteiger partial charge in [0, 0.05) is 56.4 Å². The number of fused-ring (bicyclic) bond motifs is 6. The molecule has 0 N–H and O–H groups in total. The van der Waals surface area contributed by atoms with Crippen molar-refractivity contribution in [1.82, 2.24) is 14.1 Å². The molecule has 0 saturated carbocycles. The van der Waals surface area contributed by atoms with E-state index >= 15 is 0 Å². The van der Waals surface area contributed by atoms with Crippen LogP contribution in [0.2, 0.25) is 0 Å². The van der Waals surface area contributed by atoms with Gasteiger partial charge in [0.05, 0.1) is 27.6 Å². The summed E-state index contributed by atoms with van der Waals surface area (Å²) in [5.74, 6) is 0. The summed E-state index contributed by atoms with van der Waals surface area (Å²) < 4.78 is 4.79. The number of rotatable bonds is 7. The highest BCUT2D eigenvalue weighted by Gasteiger charge is 2.22. The monoisotopic (exact) mass is 728 g/mol.